The molecule has 0 saturated carbocycles. The number of pyridine rings is 1. The van der Waals surface area contributed by atoms with Gasteiger partial charge in [-0.15, -0.1) is 0 Å². The summed E-state index contributed by atoms with van der Waals surface area (Å²) in [5.74, 6) is -0.415. The van der Waals surface area contributed by atoms with Crippen LogP contribution in [0.25, 0.3) is 0 Å². The van der Waals surface area contributed by atoms with E-state index in [1.54, 1.807) is 24.3 Å². The van der Waals surface area contributed by atoms with Crippen molar-refractivity contribution in [1.82, 2.24) is 4.98 Å². The molecule has 1 aromatic heterocycles. The minimum absolute atomic E-state index is 0.406. The zero-order valence-electron chi connectivity index (χ0n) is 8.70. The highest BCUT2D eigenvalue weighted by atomic mass is 79.9. The van der Waals surface area contributed by atoms with Crippen LogP contribution in [0.3, 0.4) is 0 Å². The average Bonchev–Trinajstić information content (AvgIpc) is 2.29. The van der Waals surface area contributed by atoms with E-state index in [1.807, 2.05) is 0 Å². The fraction of sp³-hybridized carbons (Fsp3) is 0.0833. The molecule has 1 heterocycles. The second-order valence-corrected chi connectivity index (χ2v) is 4.83. The monoisotopic (exact) mass is 314 g/mol. The zero-order valence-corrected chi connectivity index (χ0v) is 11.0. The normalized spacial score (nSPS) is 12.5. The Labute approximate surface area is 112 Å². The highest BCUT2D eigenvalue weighted by molar-refractivity contribution is 9.10. The molecule has 1 aromatic carbocycles. The van der Waals surface area contributed by atoms with Gasteiger partial charge in [-0.1, -0.05) is 33.6 Å². The smallest absolute Gasteiger partial charge is 0.146 e. The quantitative estimate of drug-likeness (QED) is 0.918. The SMILES string of the molecule is NC(c1ccncc1F)c1ccc(Cl)cc1Br. The van der Waals surface area contributed by atoms with Gasteiger partial charge in [0.15, 0.2) is 0 Å². The van der Waals surface area contributed by atoms with Crippen LogP contribution >= 0.6 is 27.5 Å². The summed E-state index contributed by atoms with van der Waals surface area (Å²) < 4.78 is 14.3. The maximum atomic E-state index is 13.6. The van der Waals surface area contributed by atoms with E-state index in [1.165, 1.54) is 6.20 Å². The third-order valence-electron chi connectivity index (χ3n) is 2.44. The van der Waals surface area contributed by atoms with Crippen molar-refractivity contribution in [3.05, 3.63) is 63.1 Å². The van der Waals surface area contributed by atoms with Crippen LogP contribution in [0, 0.1) is 5.82 Å². The summed E-state index contributed by atoms with van der Waals surface area (Å²) in [6.45, 7) is 0. The lowest BCUT2D eigenvalue weighted by atomic mass is 10.0. The third-order valence-corrected chi connectivity index (χ3v) is 3.36. The summed E-state index contributed by atoms with van der Waals surface area (Å²) in [6, 6.07) is 6.25. The molecule has 0 saturated heterocycles. The highest BCUT2D eigenvalue weighted by Gasteiger charge is 2.16. The molecule has 0 amide bonds. The Kier molecular flexibility index (Phi) is 3.76. The Balaban J connectivity index is 2.44. The van der Waals surface area contributed by atoms with Crippen LogP contribution in [0.2, 0.25) is 5.02 Å². The first kappa shape index (κ1) is 12.5. The molecular weight excluding hydrogens is 307 g/mol. The van der Waals surface area contributed by atoms with Gasteiger partial charge < -0.3 is 5.73 Å². The predicted octanol–water partition coefficient (Wildman–Crippen LogP) is 3.68. The average molecular weight is 316 g/mol. The number of halogens is 3. The molecule has 2 N–H and O–H groups in total. The van der Waals surface area contributed by atoms with E-state index in [2.05, 4.69) is 20.9 Å². The first-order chi connectivity index (χ1) is 8.09. The van der Waals surface area contributed by atoms with E-state index in [0.29, 0.717) is 10.6 Å². The Morgan fingerprint density at radius 1 is 1.29 bits per heavy atom. The van der Waals surface area contributed by atoms with E-state index < -0.39 is 11.9 Å². The van der Waals surface area contributed by atoms with Crippen molar-refractivity contribution in [2.24, 2.45) is 5.73 Å². The molecule has 0 bridgehead atoms. The summed E-state index contributed by atoms with van der Waals surface area (Å²) in [4.78, 5) is 3.69. The van der Waals surface area contributed by atoms with Crippen LogP contribution in [0.5, 0.6) is 0 Å². The molecule has 0 spiro atoms. The lowest BCUT2D eigenvalue weighted by molar-refractivity contribution is 0.593. The Morgan fingerprint density at radius 3 is 2.71 bits per heavy atom. The van der Waals surface area contributed by atoms with Crippen LogP contribution in [-0.2, 0) is 0 Å². The van der Waals surface area contributed by atoms with Crippen LogP contribution in [0.15, 0.2) is 41.1 Å². The van der Waals surface area contributed by atoms with E-state index >= 15 is 0 Å². The maximum absolute atomic E-state index is 13.6. The fourth-order valence-electron chi connectivity index (χ4n) is 1.56. The summed E-state index contributed by atoms with van der Waals surface area (Å²) in [6.07, 6.45) is 2.67. The van der Waals surface area contributed by atoms with Crippen LogP contribution in [0.4, 0.5) is 4.39 Å². The lowest BCUT2D eigenvalue weighted by Gasteiger charge is -2.15. The van der Waals surface area contributed by atoms with Gasteiger partial charge in [-0.05, 0) is 23.8 Å². The fourth-order valence-corrected chi connectivity index (χ4v) is 2.49. The highest BCUT2D eigenvalue weighted by Crippen LogP contribution is 2.29. The predicted molar refractivity (Wildman–Crippen MR) is 69.4 cm³/mol. The van der Waals surface area contributed by atoms with Crippen LogP contribution in [-0.4, -0.2) is 4.98 Å². The first-order valence-electron chi connectivity index (χ1n) is 4.89. The molecule has 1 atom stereocenters. The van der Waals surface area contributed by atoms with Crippen molar-refractivity contribution < 1.29 is 4.39 Å². The minimum Gasteiger partial charge on any atom is -0.320 e. The molecule has 2 rings (SSSR count). The Bertz CT molecular complexity index is 548. The molecule has 2 aromatic rings. The molecule has 17 heavy (non-hydrogen) atoms. The number of aromatic nitrogens is 1. The van der Waals surface area contributed by atoms with Gasteiger partial charge in [-0.25, -0.2) is 4.39 Å². The van der Waals surface area contributed by atoms with Gasteiger partial charge in [-0.2, -0.15) is 0 Å². The Morgan fingerprint density at radius 2 is 2.06 bits per heavy atom. The number of nitrogens with two attached hydrogens (primary N) is 1. The van der Waals surface area contributed by atoms with Gasteiger partial charge in [0, 0.05) is 21.3 Å². The molecule has 0 aliphatic carbocycles. The van der Waals surface area contributed by atoms with Crippen molar-refractivity contribution >= 4 is 27.5 Å². The van der Waals surface area contributed by atoms with Gasteiger partial charge >= 0.3 is 0 Å². The van der Waals surface area contributed by atoms with Gasteiger partial charge in [0.05, 0.1) is 12.2 Å². The van der Waals surface area contributed by atoms with E-state index in [-0.39, 0.29) is 0 Å². The number of hydrogen-bond donors (Lipinski definition) is 1. The van der Waals surface area contributed by atoms with Crippen molar-refractivity contribution in [2.45, 2.75) is 6.04 Å². The number of benzene rings is 1. The summed E-state index contributed by atoms with van der Waals surface area (Å²) in [5.41, 5.74) is 7.21. The Hall–Kier alpha value is -0.970. The summed E-state index contributed by atoms with van der Waals surface area (Å²) in [5, 5.41) is 0.600. The second-order valence-electron chi connectivity index (χ2n) is 3.54. The lowest BCUT2D eigenvalue weighted by Crippen LogP contribution is -2.14. The minimum atomic E-state index is -0.551. The number of rotatable bonds is 2. The molecule has 88 valence electrons. The molecule has 1 unspecified atom stereocenters. The summed E-state index contributed by atoms with van der Waals surface area (Å²) in [7, 11) is 0. The number of nitrogens with zero attached hydrogens (tertiary/aromatic N) is 1. The molecule has 5 heteroatoms. The van der Waals surface area contributed by atoms with Crippen LogP contribution in [0.1, 0.15) is 17.2 Å². The first-order valence-corrected chi connectivity index (χ1v) is 6.06. The third kappa shape index (κ3) is 2.65. The van der Waals surface area contributed by atoms with Crippen molar-refractivity contribution in [1.29, 1.82) is 0 Å². The van der Waals surface area contributed by atoms with Crippen molar-refractivity contribution in [2.75, 3.05) is 0 Å². The van der Waals surface area contributed by atoms with Gasteiger partial charge in [0.2, 0.25) is 0 Å². The zero-order chi connectivity index (χ0) is 12.4. The molecule has 0 aliphatic rings. The van der Waals surface area contributed by atoms with Crippen LogP contribution < -0.4 is 5.73 Å². The molecular formula is C12H9BrClFN2. The summed E-state index contributed by atoms with van der Waals surface area (Å²) >= 11 is 9.21. The molecule has 0 fully saturated rings. The van der Waals surface area contributed by atoms with E-state index in [4.69, 9.17) is 17.3 Å². The van der Waals surface area contributed by atoms with Crippen molar-refractivity contribution in [3.63, 3.8) is 0 Å². The van der Waals surface area contributed by atoms with Gasteiger partial charge in [-0.3, -0.25) is 4.98 Å². The van der Waals surface area contributed by atoms with Gasteiger partial charge in [0.1, 0.15) is 5.82 Å². The molecule has 0 radical (unpaired) electrons. The molecule has 2 nitrogen and oxygen atoms in total. The maximum Gasteiger partial charge on any atom is 0.146 e. The number of hydrogen-bond acceptors (Lipinski definition) is 2. The topological polar surface area (TPSA) is 38.9 Å². The largest absolute Gasteiger partial charge is 0.320 e. The standard InChI is InChI=1S/C12H9BrClFN2/c13-10-5-7(14)1-2-8(10)12(16)9-3-4-17-6-11(9)15/h1-6,12H,16H2. The van der Waals surface area contributed by atoms with E-state index in [0.717, 1.165) is 16.2 Å². The van der Waals surface area contributed by atoms with Crippen molar-refractivity contribution in [3.8, 4) is 0 Å². The molecule has 0 aliphatic heterocycles. The second kappa shape index (κ2) is 5.12. The van der Waals surface area contributed by atoms with E-state index in [9.17, 15) is 4.39 Å². The van der Waals surface area contributed by atoms with Gasteiger partial charge in [0.25, 0.3) is 0 Å².